The predicted octanol–water partition coefficient (Wildman–Crippen LogP) is 5.33. The van der Waals surface area contributed by atoms with Crippen molar-refractivity contribution in [3.8, 4) is 16.9 Å². The summed E-state index contributed by atoms with van der Waals surface area (Å²) in [5.41, 5.74) is 1.17. The van der Waals surface area contributed by atoms with Crippen molar-refractivity contribution in [3.05, 3.63) is 73.6 Å². The van der Waals surface area contributed by atoms with Crippen molar-refractivity contribution in [2.45, 2.75) is 6.92 Å². The zero-order valence-corrected chi connectivity index (χ0v) is 18.3. The lowest BCUT2D eigenvalue weighted by Gasteiger charge is -2.09. The predicted molar refractivity (Wildman–Crippen MR) is 118 cm³/mol. The fraction of sp³-hybridized carbons (Fsp3) is 0.143. The van der Waals surface area contributed by atoms with Crippen LogP contribution >= 0.6 is 22.9 Å². The monoisotopic (exact) mass is 460 g/mol. The number of nitro benzene ring substituents is 1. The third-order valence-corrected chi connectivity index (χ3v) is 5.71. The minimum absolute atomic E-state index is 0.0343. The number of amides is 1. The molecule has 0 aliphatic carbocycles. The first-order valence-electron chi connectivity index (χ1n) is 8.88. The van der Waals surface area contributed by atoms with Crippen LogP contribution < -0.4 is 10.1 Å². The Morgan fingerprint density at radius 2 is 1.90 bits per heavy atom. The van der Waals surface area contributed by atoms with Gasteiger partial charge in [-0.25, -0.2) is 4.79 Å². The molecule has 0 bridgehead atoms. The fourth-order valence-electron chi connectivity index (χ4n) is 3.07. The highest BCUT2D eigenvalue weighted by Crippen LogP contribution is 2.41. The number of hydrogen-bond donors (Lipinski definition) is 1. The quantitative estimate of drug-likeness (QED) is 0.302. The molecule has 0 saturated heterocycles. The lowest BCUT2D eigenvalue weighted by molar-refractivity contribution is -0.385. The molecule has 0 spiro atoms. The Morgan fingerprint density at radius 1 is 1.16 bits per heavy atom. The summed E-state index contributed by atoms with van der Waals surface area (Å²) in [5.74, 6) is -1.21. The first-order chi connectivity index (χ1) is 14.8. The van der Waals surface area contributed by atoms with E-state index in [-0.39, 0.29) is 27.6 Å². The maximum atomic E-state index is 12.8. The normalized spacial score (nSPS) is 10.5. The highest BCUT2D eigenvalue weighted by molar-refractivity contribution is 7.17. The summed E-state index contributed by atoms with van der Waals surface area (Å²) < 4.78 is 9.89. The van der Waals surface area contributed by atoms with Gasteiger partial charge < -0.3 is 14.8 Å². The number of nitro groups is 1. The van der Waals surface area contributed by atoms with Crippen LogP contribution in [0.25, 0.3) is 11.1 Å². The summed E-state index contributed by atoms with van der Waals surface area (Å²) in [6.45, 7) is 1.81. The van der Waals surface area contributed by atoms with E-state index in [1.807, 2.05) is 0 Å². The molecule has 0 fully saturated rings. The first kappa shape index (κ1) is 22.3. The van der Waals surface area contributed by atoms with Crippen LogP contribution in [0.3, 0.4) is 0 Å². The molecule has 8 nitrogen and oxygen atoms in total. The van der Waals surface area contributed by atoms with Crippen LogP contribution in [0.5, 0.6) is 5.75 Å². The molecule has 0 aliphatic heterocycles. The van der Waals surface area contributed by atoms with Gasteiger partial charge >= 0.3 is 11.7 Å². The second-order valence-electron chi connectivity index (χ2n) is 6.34. The third kappa shape index (κ3) is 4.52. The summed E-state index contributed by atoms with van der Waals surface area (Å²) in [6, 6.07) is 10.8. The molecule has 160 valence electrons. The van der Waals surface area contributed by atoms with Crippen LogP contribution in [-0.2, 0) is 4.74 Å². The van der Waals surface area contributed by atoms with Crippen LogP contribution in [0.4, 0.5) is 10.7 Å². The van der Waals surface area contributed by atoms with Crippen LogP contribution in [0, 0.1) is 17.0 Å². The van der Waals surface area contributed by atoms with Crippen LogP contribution in [0.15, 0.2) is 42.5 Å². The lowest BCUT2D eigenvalue weighted by atomic mass is 10.0. The van der Waals surface area contributed by atoms with Crippen molar-refractivity contribution in [1.82, 2.24) is 0 Å². The number of nitrogens with zero attached hydrogens (tertiary/aromatic N) is 1. The maximum Gasteiger partial charge on any atom is 0.341 e. The zero-order valence-electron chi connectivity index (χ0n) is 16.7. The molecule has 2 aromatic carbocycles. The molecule has 0 unspecified atom stereocenters. The lowest BCUT2D eigenvalue weighted by Crippen LogP contribution is -2.14. The van der Waals surface area contributed by atoms with Crippen molar-refractivity contribution >= 4 is 45.5 Å². The molecule has 0 saturated carbocycles. The molecule has 3 aromatic rings. The standard InChI is InChI=1S/C21H17ClN2O6S/c1-11-17(12-5-4-6-14(22)9-12)18(21(26)30-3)20(31-11)23-19(25)13-7-8-16(29-2)15(10-13)24(27)28/h4-10H,1-3H3,(H,23,25). The van der Waals surface area contributed by atoms with Gasteiger partial charge in [-0.3, -0.25) is 14.9 Å². The van der Waals surface area contributed by atoms with Gasteiger partial charge in [-0.15, -0.1) is 11.3 Å². The second kappa shape index (κ2) is 9.15. The topological polar surface area (TPSA) is 108 Å². The number of halogens is 1. The minimum Gasteiger partial charge on any atom is -0.490 e. The number of benzene rings is 2. The Morgan fingerprint density at radius 3 is 2.52 bits per heavy atom. The molecule has 31 heavy (non-hydrogen) atoms. The Hall–Kier alpha value is -3.43. The van der Waals surface area contributed by atoms with Crippen LogP contribution in [0.2, 0.25) is 5.02 Å². The number of esters is 1. The Kier molecular flexibility index (Phi) is 6.57. The van der Waals surface area contributed by atoms with Crippen LogP contribution in [0.1, 0.15) is 25.6 Å². The number of methoxy groups -OCH3 is 2. The van der Waals surface area contributed by atoms with Gasteiger partial charge in [-0.1, -0.05) is 23.7 Å². The number of rotatable bonds is 6. The minimum atomic E-state index is -0.637. The summed E-state index contributed by atoms with van der Waals surface area (Å²) in [7, 11) is 2.55. The van der Waals surface area contributed by atoms with E-state index >= 15 is 0 Å². The van der Waals surface area contributed by atoms with E-state index in [0.29, 0.717) is 16.1 Å². The van der Waals surface area contributed by atoms with Gasteiger partial charge in [0, 0.05) is 27.1 Å². The number of nitrogens with one attached hydrogen (secondary N) is 1. The van der Waals surface area contributed by atoms with E-state index < -0.39 is 16.8 Å². The highest BCUT2D eigenvalue weighted by atomic mass is 35.5. The van der Waals surface area contributed by atoms with Crippen LogP contribution in [-0.4, -0.2) is 31.0 Å². The maximum absolute atomic E-state index is 12.8. The number of ether oxygens (including phenoxy) is 2. The number of carbonyl (C=O) groups excluding carboxylic acids is 2. The van der Waals surface area contributed by atoms with Gasteiger partial charge in [-0.05, 0) is 36.8 Å². The Balaban J connectivity index is 2.05. The van der Waals surface area contributed by atoms with Crippen molar-refractivity contribution in [2.24, 2.45) is 0 Å². The van der Waals surface area contributed by atoms with E-state index in [2.05, 4.69) is 5.32 Å². The summed E-state index contributed by atoms with van der Waals surface area (Å²) in [5, 5.41) is 14.7. The molecule has 0 aliphatic rings. The SMILES string of the molecule is COC(=O)c1c(NC(=O)c2ccc(OC)c([N+](=O)[O-])c2)sc(C)c1-c1cccc(Cl)c1. The molecule has 1 N–H and O–H groups in total. The van der Waals surface area contributed by atoms with E-state index in [4.69, 9.17) is 21.1 Å². The molecule has 0 atom stereocenters. The zero-order chi connectivity index (χ0) is 22.7. The average Bonchev–Trinajstić information content (AvgIpc) is 3.07. The highest BCUT2D eigenvalue weighted by Gasteiger charge is 2.26. The van der Waals surface area contributed by atoms with Crippen molar-refractivity contribution in [3.63, 3.8) is 0 Å². The molecule has 10 heteroatoms. The first-order valence-corrected chi connectivity index (χ1v) is 10.1. The molecule has 1 aromatic heterocycles. The Labute approximate surface area is 186 Å². The van der Waals surface area contributed by atoms with E-state index in [1.54, 1.807) is 31.2 Å². The van der Waals surface area contributed by atoms with Crippen molar-refractivity contribution in [1.29, 1.82) is 0 Å². The molecular weight excluding hydrogens is 444 g/mol. The summed E-state index contributed by atoms with van der Waals surface area (Å²) >= 11 is 7.29. The second-order valence-corrected chi connectivity index (χ2v) is 8.00. The summed E-state index contributed by atoms with van der Waals surface area (Å²) in [6.07, 6.45) is 0. The fourth-order valence-corrected chi connectivity index (χ4v) is 4.32. The number of aryl methyl sites for hydroxylation is 1. The molecule has 3 rings (SSSR count). The number of carbonyl (C=O) groups is 2. The largest absolute Gasteiger partial charge is 0.490 e. The van der Waals surface area contributed by atoms with Gasteiger partial charge in [0.25, 0.3) is 5.91 Å². The van der Waals surface area contributed by atoms with Gasteiger partial charge in [0.2, 0.25) is 0 Å². The van der Waals surface area contributed by atoms with Crippen molar-refractivity contribution in [2.75, 3.05) is 19.5 Å². The third-order valence-electron chi connectivity index (χ3n) is 4.45. The van der Waals surface area contributed by atoms with Gasteiger partial charge in [0.15, 0.2) is 5.75 Å². The van der Waals surface area contributed by atoms with Gasteiger partial charge in [-0.2, -0.15) is 0 Å². The number of anilines is 1. The van der Waals surface area contributed by atoms with Gasteiger partial charge in [0.1, 0.15) is 10.6 Å². The van der Waals surface area contributed by atoms with E-state index in [9.17, 15) is 19.7 Å². The molecule has 0 radical (unpaired) electrons. The smallest absolute Gasteiger partial charge is 0.341 e. The van der Waals surface area contributed by atoms with Crippen molar-refractivity contribution < 1.29 is 24.0 Å². The van der Waals surface area contributed by atoms with E-state index in [0.717, 1.165) is 10.9 Å². The number of thiophene rings is 1. The molecule has 1 heterocycles. The Bertz CT molecular complexity index is 1190. The molecular formula is C21H17ClN2O6S. The molecule has 1 amide bonds. The average molecular weight is 461 g/mol. The van der Waals surface area contributed by atoms with Gasteiger partial charge in [0.05, 0.1) is 19.1 Å². The number of hydrogen-bond acceptors (Lipinski definition) is 7. The van der Waals surface area contributed by atoms with E-state index in [1.165, 1.54) is 37.7 Å². The summed E-state index contributed by atoms with van der Waals surface area (Å²) in [4.78, 5) is 36.8.